The number of carbonyl (C=O) groups is 1. The van der Waals surface area contributed by atoms with Crippen molar-refractivity contribution < 1.29 is 18.7 Å². The highest BCUT2D eigenvalue weighted by Crippen LogP contribution is 2.44. The monoisotopic (exact) mass is 337 g/mol. The van der Waals surface area contributed by atoms with Gasteiger partial charge in [0.25, 0.3) is 0 Å². The van der Waals surface area contributed by atoms with Crippen LogP contribution in [0.4, 0.5) is 4.39 Å². The van der Waals surface area contributed by atoms with Gasteiger partial charge in [-0.1, -0.05) is 26.8 Å². The molecule has 1 N–H and O–H groups in total. The van der Waals surface area contributed by atoms with Crippen LogP contribution in [0.25, 0.3) is 0 Å². The molecule has 1 aliphatic rings. The van der Waals surface area contributed by atoms with Gasteiger partial charge in [0.1, 0.15) is 18.2 Å². The molecule has 1 saturated carbocycles. The number of ether oxygens (including phenoxy) is 2. The molecule has 1 aromatic carbocycles. The van der Waals surface area contributed by atoms with Gasteiger partial charge in [0.05, 0.1) is 13.2 Å². The Morgan fingerprint density at radius 1 is 1.33 bits per heavy atom. The van der Waals surface area contributed by atoms with E-state index in [2.05, 4.69) is 19.2 Å². The molecule has 24 heavy (non-hydrogen) atoms. The third-order valence-corrected chi connectivity index (χ3v) is 4.68. The fraction of sp³-hybridized carbons (Fsp3) is 0.632. The van der Waals surface area contributed by atoms with E-state index in [-0.39, 0.29) is 17.1 Å². The van der Waals surface area contributed by atoms with Crippen LogP contribution in [-0.2, 0) is 9.53 Å². The molecule has 1 atom stereocenters. The lowest BCUT2D eigenvalue weighted by atomic mass is 9.98. The molecule has 1 aromatic rings. The lowest BCUT2D eigenvalue weighted by molar-refractivity contribution is -0.125. The highest BCUT2D eigenvalue weighted by molar-refractivity contribution is 5.84. The van der Waals surface area contributed by atoms with E-state index in [9.17, 15) is 9.18 Å². The summed E-state index contributed by atoms with van der Waals surface area (Å²) in [6, 6.07) is 4.68. The molecule has 0 aromatic heterocycles. The Labute approximate surface area is 143 Å². The lowest BCUT2D eigenvalue weighted by Gasteiger charge is -2.16. The van der Waals surface area contributed by atoms with Crippen LogP contribution in [-0.4, -0.2) is 32.3 Å². The Hall–Kier alpha value is -1.62. The predicted octanol–water partition coefficient (Wildman–Crippen LogP) is 3.65. The van der Waals surface area contributed by atoms with Gasteiger partial charge in [0.15, 0.2) is 0 Å². The molecule has 0 spiro atoms. The van der Waals surface area contributed by atoms with E-state index in [1.54, 1.807) is 6.07 Å². The first-order valence-corrected chi connectivity index (χ1v) is 8.74. The third-order valence-electron chi connectivity index (χ3n) is 4.68. The minimum atomic E-state index is -0.297. The SMILES string of the molecule is CCC(C)c1ccc(F)cc1OCCOCCNC(=O)C1(C)CC1. The van der Waals surface area contributed by atoms with Gasteiger partial charge < -0.3 is 14.8 Å². The summed E-state index contributed by atoms with van der Waals surface area (Å²) in [4.78, 5) is 11.7. The van der Waals surface area contributed by atoms with Gasteiger partial charge in [0, 0.05) is 18.0 Å². The lowest BCUT2D eigenvalue weighted by Crippen LogP contribution is -2.33. The second-order valence-electron chi connectivity index (χ2n) is 6.77. The number of benzene rings is 1. The smallest absolute Gasteiger partial charge is 0.226 e. The molecule has 1 fully saturated rings. The van der Waals surface area contributed by atoms with Crippen molar-refractivity contribution in [2.24, 2.45) is 5.41 Å². The maximum Gasteiger partial charge on any atom is 0.226 e. The minimum absolute atomic E-state index is 0.111. The number of hydrogen-bond acceptors (Lipinski definition) is 3. The van der Waals surface area contributed by atoms with Crippen LogP contribution in [0.15, 0.2) is 18.2 Å². The molecule has 1 unspecified atom stereocenters. The van der Waals surface area contributed by atoms with E-state index in [0.717, 1.165) is 24.8 Å². The number of halogens is 1. The van der Waals surface area contributed by atoms with Gasteiger partial charge in [-0.05, 0) is 36.8 Å². The summed E-state index contributed by atoms with van der Waals surface area (Å²) in [6.45, 7) is 7.89. The Kier molecular flexibility index (Phi) is 6.60. The highest BCUT2D eigenvalue weighted by atomic mass is 19.1. The molecule has 0 radical (unpaired) electrons. The first-order valence-electron chi connectivity index (χ1n) is 8.74. The van der Waals surface area contributed by atoms with Crippen molar-refractivity contribution >= 4 is 5.91 Å². The summed E-state index contributed by atoms with van der Waals surface area (Å²) >= 11 is 0. The van der Waals surface area contributed by atoms with Crippen LogP contribution in [0.2, 0.25) is 0 Å². The Morgan fingerprint density at radius 3 is 2.75 bits per heavy atom. The summed E-state index contributed by atoms with van der Waals surface area (Å²) in [7, 11) is 0. The summed E-state index contributed by atoms with van der Waals surface area (Å²) in [5, 5.41) is 2.88. The van der Waals surface area contributed by atoms with Gasteiger partial charge in [-0.15, -0.1) is 0 Å². The third kappa shape index (κ3) is 5.20. The Balaban J connectivity index is 1.65. The molecule has 4 nitrogen and oxygen atoms in total. The molecule has 0 heterocycles. The number of amides is 1. The molecule has 1 amide bonds. The topological polar surface area (TPSA) is 47.6 Å². The zero-order chi connectivity index (χ0) is 17.6. The van der Waals surface area contributed by atoms with Crippen LogP contribution in [0.1, 0.15) is 51.5 Å². The fourth-order valence-electron chi connectivity index (χ4n) is 2.44. The number of rotatable bonds is 10. The second-order valence-corrected chi connectivity index (χ2v) is 6.77. The normalized spacial score (nSPS) is 16.5. The molecule has 5 heteroatoms. The summed E-state index contributed by atoms with van der Waals surface area (Å²) in [6.07, 6.45) is 2.91. The van der Waals surface area contributed by atoms with Crippen LogP contribution >= 0.6 is 0 Å². The van der Waals surface area contributed by atoms with Crippen molar-refractivity contribution in [1.29, 1.82) is 0 Å². The van der Waals surface area contributed by atoms with E-state index < -0.39 is 0 Å². The molecule has 0 aliphatic heterocycles. The second kappa shape index (κ2) is 8.47. The molecular weight excluding hydrogens is 309 g/mol. The molecule has 134 valence electrons. The van der Waals surface area contributed by atoms with Crippen LogP contribution in [0.3, 0.4) is 0 Å². The predicted molar refractivity (Wildman–Crippen MR) is 91.8 cm³/mol. The standard InChI is InChI=1S/C19H28FNO3/c1-4-14(2)16-6-5-15(20)13-17(16)24-12-11-23-10-9-21-18(22)19(3)7-8-19/h5-6,13-14H,4,7-12H2,1-3H3,(H,21,22). The Bertz CT molecular complexity index is 558. The van der Waals surface area contributed by atoms with Gasteiger partial charge in [-0.25, -0.2) is 4.39 Å². The highest BCUT2D eigenvalue weighted by Gasteiger charge is 2.44. The average Bonchev–Trinajstić information content (AvgIpc) is 3.32. The Morgan fingerprint density at radius 2 is 2.08 bits per heavy atom. The van der Waals surface area contributed by atoms with Crippen molar-refractivity contribution in [2.45, 2.75) is 46.0 Å². The molecule has 0 saturated heterocycles. The molecule has 1 aliphatic carbocycles. The first kappa shape index (κ1) is 18.7. The van der Waals surface area contributed by atoms with Crippen molar-refractivity contribution in [3.63, 3.8) is 0 Å². The quantitative estimate of drug-likeness (QED) is 0.663. The van der Waals surface area contributed by atoms with Crippen molar-refractivity contribution in [2.75, 3.05) is 26.4 Å². The zero-order valence-electron chi connectivity index (χ0n) is 14.9. The molecular formula is C19H28FNO3. The average molecular weight is 337 g/mol. The van der Waals surface area contributed by atoms with E-state index in [1.807, 2.05) is 6.92 Å². The van der Waals surface area contributed by atoms with Gasteiger partial charge in [-0.2, -0.15) is 0 Å². The zero-order valence-corrected chi connectivity index (χ0v) is 14.9. The minimum Gasteiger partial charge on any atom is -0.491 e. The molecule has 2 rings (SSSR count). The fourth-order valence-corrected chi connectivity index (χ4v) is 2.44. The van der Waals surface area contributed by atoms with E-state index >= 15 is 0 Å². The van der Waals surface area contributed by atoms with Crippen LogP contribution < -0.4 is 10.1 Å². The summed E-state index contributed by atoms with van der Waals surface area (Å²) in [5.74, 6) is 0.720. The maximum atomic E-state index is 13.4. The first-order chi connectivity index (χ1) is 11.5. The number of nitrogens with one attached hydrogen (secondary N) is 1. The van der Waals surface area contributed by atoms with E-state index in [4.69, 9.17) is 9.47 Å². The van der Waals surface area contributed by atoms with Crippen LogP contribution in [0.5, 0.6) is 5.75 Å². The van der Waals surface area contributed by atoms with Crippen molar-refractivity contribution in [3.8, 4) is 5.75 Å². The maximum absolute atomic E-state index is 13.4. The summed E-state index contributed by atoms with van der Waals surface area (Å²) in [5.41, 5.74) is 0.871. The van der Waals surface area contributed by atoms with E-state index in [1.165, 1.54) is 12.1 Å². The number of carbonyl (C=O) groups excluding carboxylic acids is 1. The van der Waals surface area contributed by atoms with Crippen molar-refractivity contribution in [1.82, 2.24) is 5.32 Å². The van der Waals surface area contributed by atoms with E-state index in [0.29, 0.717) is 38.0 Å². The largest absolute Gasteiger partial charge is 0.491 e. The van der Waals surface area contributed by atoms with Crippen molar-refractivity contribution in [3.05, 3.63) is 29.6 Å². The van der Waals surface area contributed by atoms with Gasteiger partial charge in [0.2, 0.25) is 5.91 Å². The number of hydrogen-bond donors (Lipinski definition) is 1. The van der Waals surface area contributed by atoms with Gasteiger partial charge in [-0.3, -0.25) is 4.79 Å². The van der Waals surface area contributed by atoms with Gasteiger partial charge >= 0.3 is 0 Å². The molecule has 0 bridgehead atoms. The van der Waals surface area contributed by atoms with Crippen LogP contribution in [0, 0.1) is 11.2 Å². The summed E-state index contributed by atoms with van der Waals surface area (Å²) < 4.78 is 24.6.